The predicted octanol–water partition coefficient (Wildman–Crippen LogP) is 2.54. The number of alkyl halides is 2. The number of rotatable bonds is 5. The maximum absolute atomic E-state index is 12.5. The molecule has 3 rings (SSSR count). The van der Waals surface area contributed by atoms with Gasteiger partial charge in [-0.25, -0.2) is 12.7 Å². The van der Waals surface area contributed by atoms with Gasteiger partial charge in [0.15, 0.2) is 0 Å². The molecule has 1 unspecified atom stereocenters. The average molecular weight is 396 g/mol. The minimum atomic E-state index is -3.32. The van der Waals surface area contributed by atoms with Crippen LogP contribution in [0, 0.1) is 11.3 Å². The molecule has 0 aliphatic carbocycles. The first-order chi connectivity index (χ1) is 12.8. The first kappa shape index (κ1) is 19.3. The molecule has 1 atom stereocenters. The molecular weight excluding hydrogens is 378 g/mol. The molecule has 1 aromatic heterocycles. The van der Waals surface area contributed by atoms with Gasteiger partial charge in [0.25, 0.3) is 0 Å². The molecule has 0 bridgehead atoms. The van der Waals surface area contributed by atoms with Crippen molar-refractivity contribution in [1.29, 1.82) is 5.26 Å². The zero-order chi connectivity index (χ0) is 19.6. The average Bonchev–Trinajstić information content (AvgIpc) is 2.61. The lowest BCUT2D eigenvalue weighted by Crippen LogP contribution is -2.44. The lowest BCUT2D eigenvalue weighted by molar-refractivity contribution is -0.0497. The zero-order valence-corrected chi connectivity index (χ0v) is 15.3. The summed E-state index contributed by atoms with van der Waals surface area (Å²) in [7, 11) is -3.32. The molecule has 10 heteroatoms. The first-order valence-electron chi connectivity index (χ1n) is 8.27. The summed E-state index contributed by atoms with van der Waals surface area (Å²) in [5, 5.41) is 13.1. The molecule has 1 fully saturated rings. The van der Waals surface area contributed by atoms with Crippen LogP contribution in [0.25, 0.3) is 10.9 Å². The Balaban J connectivity index is 1.97. The summed E-state index contributed by atoms with van der Waals surface area (Å²) in [5.41, 5.74) is 1.18. The summed E-state index contributed by atoms with van der Waals surface area (Å²) < 4.78 is 54.5. The number of hydrogen-bond donors (Lipinski definition) is 1. The van der Waals surface area contributed by atoms with Crippen LogP contribution in [-0.4, -0.2) is 49.7 Å². The number of benzene rings is 1. The van der Waals surface area contributed by atoms with Crippen LogP contribution < -0.4 is 10.1 Å². The third kappa shape index (κ3) is 4.43. The smallest absolute Gasteiger partial charge is 0.387 e. The van der Waals surface area contributed by atoms with Gasteiger partial charge in [0, 0.05) is 30.7 Å². The second-order valence-electron chi connectivity index (χ2n) is 6.32. The van der Waals surface area contributed by atoms with Crippen molar-refractivity contribution in [2.45, 2.75) is 25.5 Å². The number of sulfonamides is 1. The Bertz CT molecular complexity index is 992. The largest absolute Gasteiger partial charge is 0.435 e. The Morgan fingerprint density at radius 2 is 2.22 bits per heavy atom. The van der Waals surface area contributed by atoms with Crippen molar-refractivity contribution in [2.75, 3.05) is 24.7 Å². The normalized spacial score (nSPS) is 18.4. The van der Waals surface area contributed by atoms with Gasteiger partial charge >= 0.3 is 6.61 Å². The molecule has 2 heterocycles. The Kier molecular flexibility index (Phi) is 5.43. The van der Waals surface area contributed by atoms with E-state index in [0.717, 1.165) is 6.26 Å². The van der Waals surface area contributed by atoms with Crippen molar-refractivity contribution >= 4 is 26.6 Å². The van der Waals surface area contributed by atoms with E-state index < -0.39 is 16.6 Å². The number of nitriles is 1. The van der Waals surface area contributed by atoms with Gasteiger partial charge < -0.3 is 10.1 Å². The van der Waals surface area contributed by atoms with Crippen molar-refractivity contribution in [1.82, 2.24) is 9.29 Å². The van der Waals surface area contributed by atoms with E-state index in [4.69, 9.17) is 0 Å². The number of aromatic nitrogens is 1. The van der Waals surface area contributed by atoms with E-state index >= 15 is 0 Å². The monoisotopic (exact) mass is 396 g/mol. The minimum Gasteiger partial charge on any atom is -0.435 e. The van der Waals surface area contributed by atoms with Crippen LogP contribution in [0.2, 0.25) is 0 Å². The number of halogens is 2. The lowest BCUT2D eigenvalue weighted by atomic mass is 10.0. The fourth-order valence-electron chi connectivity index (χ4n) is 3.15. The number of piperidine rings is 1. The van der Waals surface area contributed by atoms with E-state index in [9.17, 15) is 22.5 Å². The standard InChI is InChI=1S/C17H18F2N4O3S/c1-27(24,25)23-6-2-3-12(10-23)22-16-11(8-20)9-21-15-5-4-13(7-14(15)16)26-17(18)19/h4-5,7,9,12,17H,2-3,6,10H2,1H3,(H,21,22). The quantitative estimate of drug-likeness (QED) is 0.835. The number of fused-ring (bicyclic) bond motifs is 1. The van der Waals surface area contributed by atoms with Crippen molar-refractivity contribution < 1.29 is 21.9 Å². The van der Waals surface area contributed by atoms with Crippen LogP contribution >= 0.6 is 0 Å². The van der Waals surface area contributed by atoms with Gasteiger partial charge in [-0.15, -0.1) is 0 Å². The number of nitrogens with one attached hydrogen (secondary N) is 1. The molecular formula is C17H18F2N4O3S. The van der Waals surface area contributed by atoms with Gasteiger partial charge in [-0.1, -0.05) is 0 Å². The molecule has 1 aliphatic heterocycles. The molecule has 0 radical (unpaired) electrons. The van der Waals surface area contributed by atoms with Crippen molar-refractivity contribution in [3.05, 3.63) is 30.0 Å². The van der Waals surface area contributed by atoms with Gasteiger partial charge in [0.1, 0.15) is 11.8 Å². The number of hydrogen-bond acceptors (Lipinski definition) is 6. The Hall–Kier alpha value is -2.51. The van der Waals surface area contributed by atoms with Crippen molar-refractivity contribution in [3.8, 4) is 11.8 Å². The molecule has 0 saturated carbocycles. The third-order valence-electron chi connectivity index (χ3n) is 4.39. The minimum absolute atomic E-state index is 0.0427. The van der Waals surface area contributed by atoms with E-state index in [2.05, 4.69) is 15.0 Å². The summed E-state index contributed by atoms with van der Waals surface area (Å²) in [6, 6.07) is 6.12. The predicted molar refractivity (Wildman–Crippen MR) is 96.2 cm³/mol. The van der Waals surface area contributed by atoms with E-state index in [1.54, 1.807) is 0 Å². The second-order valence-corrected chi connectivity index (χ2v) is 8.30. The van der Waals surface area contributed by atoms with Gasteiger partial charge in [0.2, 0.25) is 10.0 Å². The number of pyridine rings is 1. The fraction of sp³-hybridized carbons (Fsp3) is 0.412. The summed E-state index contributed by atoms with van der Waals surface area (Å²) in [5.74, 6) is -0.0427. The van der Waals surface area contributed by atoms with Crippen LogP contribution in [0.15, 0.2) is 24.4 Å². The third-order valence-corrected chi connectivity index (χ3v) is 5.66. The van der Waals surface area contributed by atoms with Gasteiger partial charge in [-0.2, -0.15) is 14.0 Å². The Morgan fingerprint density at radius 1 is 1.44 bits per heavy atom. The molecule has 1 aromatic carbocycles. The molecule has 144 valence electrons. The van der Waals surface area contributed by atoms with Crippen molar-refractivity contribution in [3.63, 3.8) is 0 Å². The molecule has 1 aliphatic rings. The van der Waals surface area contributed by atoms with E-state index in [1.807, 2.05) is 6.07 Å². The highest BCUT2D eigenvalue weighted by molar-refractivity contribution is 7.88. The second kappa shape index (κ2) is 7.62. The number of nitrogens with zero attached hydrogens (tertiary/aromatic N) is 3. The highest BCUT2D eigenvalue weighted by Gasteiger charge is 2.26. The Labute approximate surface area is 155 Å². The summed E-state index contributed by atoms with van der Waals surface area (Å²) in [4.78, 5) is 4.17. The highest BCUT2D eigenvalue weighted by atomic mass is 32.2. The van der Waals surface area contributed by atoms with Crippen LogP contribution in [-0.2, 0) is 10.0 Å². The maximum Gasteiger partial charge on any atom is 0.387 e. The molecule has 0 amide bonds. The molecule has 7 nitrogen and oxygen atoms in total. The molecule has 27 heavy (non-hydrogen) atoms. The molecule has 1 N–H and O–H groups in total. The van der Waals surface area contributed by atoms with Crippen molar-refractivity contribution in [2.24, 2.45) is 0 Å². The fourth-order valence-corrected chi connectivity index (χ4v) is 4.07. The van der Waals surface area contributed by atoms with E-state index in [1.165, 1.54) is 28.7 Å². The van der Waals surface area contributed by atoms with Gasteiger partial charge in [-0.3, -0.25) is 4.98 Å². The molecule has 1 saturated heterocycles. The summed E-state index contributed by atoms with van der Waals surface area (Å²) in [6.45, 7) is -2.25. The topological polar surface area (TPSA) is 95.3 Å². The van der Waals surface area contributed by atoms with Gasteiger partial charge in [0.05, 0.1) is 23.0 Å². The highest BCUT2D eigenvalue weighted by Crippen LogP contribution is 2.31. The summed E-state index contributed by atoms with van der Waals surface area (Å²) >= 11 is 0. The molecule has 0 spiro atoms. The van der Waals surface area contributed by atoms with Gasteiger partial charge in [-0.05, 0) is 31.0 Å². The van der Waals surface area contributed by atoms with E-state index in [-0.39, 0.29) is 23.9 Å². The lowest BCUT2D eigenvalue weighted by Gasteiger charge is -2.32. The van der Waals surface area contributed by atoms with Crippen LogP contribution in [0.3, 0.4) is 0 Å². The molecule has 2 aromatic rings. The number of ether oxygens (including phenoxy) is 1. The first-order valence-corrected chi connectivity index (χ1v) is 10.1. The van der Waals surface area contributed by atoms with E-state index in [0.29, 0.717) is 36.0 Å². The van der Waals surface area contributed by atoms with Crippen LogP contribution in [0.1, 0.15) is 18.4 Å². The van der Waals surface area contributed by atoms with Crippen LogP contribution in [0.4, 0.5) is 14.5 Å². The number of anilines is 1. The SMILES string of the molecule is CS(=O)(=O)N1CCCC(Nc2c(C#N)cnc3ccc(OC(F)F)cc23)C1. The maximum atomic E-state index is 12.5. The zero-order valence-electron chi connectivity index (χ0n) is 14.5. The Morgan fingerprint density at radius 3 is 2.89 bits per heavy atom. The van der Waals surface area contributed by atoms with Crippen LogP contribution in [0.5, 0.6) is 5.75 Å². The summed E-state index contributed by atoms with van der Waals surface area (Å²) in [6.07, 6.45) is 3.95.